The minimum absolute atomic E-state index is 0.287. The van der Waals surface area contributed by atoms with Gasteiger partial charge in [-0.2, -0.15) is 29.0 Å². The van der Waals surface area contributed by atoms with Crippen LogP contribution in [-0.4, -0.2) is 4.92 Å². The molecule has 0 aliphatic rings. The van der Waals surface area contributed by atoms with E-state index in [1.54, 1.807) is 0 Å². The van der Waals surface area contributed by atoms with Crippen LogP contribution in [0, 0.1) is 44.1 Å². The van der Waals surface area contributed by atoms with E-state index < -0.39 is 39.3 Å². The summed E-state index contributed by atoms with van der Waals surface area (Å²) in [5, 5.41) is 38.6. The standard InChI is InChI=1S/C12H4F3N5O2/c13-12(14,15)9-3-8(20(21)22)1-2-10(9)19-11(6-18)7(4-16)5-17/h1-3,19H. The molecule has 110 valence electrons. The average Bonchev–Trinajstić information content (AvgIpc) is 2.46. The van der Waals surface area contributed by atoms with Crippen LogP contribution in [0.15, 0.2) is 29.5 Å². The van der Waals surface area contributed by atoms with Gasteiger partial charge < -0.3 is 5.32 Å². The van der Waals surface area contributed by atoms with Crippen LogP contribution in [0.4, 0.5) is 24.5 Å². The van der Waals surface area contributed by atoms with Gasteiger partial charge in [-0.25, -0.2) is 0 Å². The lowest BCUT2D eigenvalue weighted by atomic mass is 10.1. The van der Waals surface area contributed by atoms with Crippen molar-refractivity contribution in [2.45, 2.75) is 6.18 Å². The molecule has 0 aliphatic heterocycles. The molecule has 1 N–H and O–H groups in total. The Kier molecular flexibility index (Phi) is 4.68. The van der Waals surface area contributed by atoms with Crippen LogP contribution >= 0.6 is 0 Å². The summed E-state index contributed by atoms with van der Waals surface area (Å²) in [6, 6.07) is 5.93. The van der Waals surface area contributed by atoms with Gasteiger partial charge in [-0.1, -0.05) is 0 Å². The SMILES string of the molecule is N#CC(C#N)=C(C#N)Nc1ccc([N+](=O)[O-])cc1C(F)(F)F. The number of anilines is 1. The van der Waals surface area contributed by atoms with Gasteiger partial charge in [-0.15, -0.1) is 0 Å². The van der Waals surface area contributed by atoms with Crippen molar-refractivity contribution < 1.29 is 18.1 Å². The largest absolute Gasteiger partial charge is 0.418 e. The van der Waals surface area contributed by atoms with Crippen molar-refractivity contribution in [2.24, 2.45) is 0 Å². The number of nitriles is 3. The molecule has 0 amide bonds. The van der Waals surface area contributed by atoms with E-state index in [0.717, 1.165) is 12.1 Å². The Balaban J connectivity index is 3.48. The van der Waals surface area contributed by atoms with Crippen molar-refractivity contribution in [1.29, 1.82) is 15.8 Å². The van der Waals surface area contributed by atoms with Crippen LogP contribution < -0.4 is 5.32 Å². The van der Waals surface area contributed by atoms with Gasteiger partial charge in [0.2, 0.25) is 0 Å². The molecule has 0 aromatic heterocycles. The first-order valence-corrected chi connectivity index (χ1v) is 5.31. The summed E-state index contributed by atoms with van der Waals surface area (Å²) < 4.78 is 38.8. The fourth-order valence-corrected chi connectivity index (χ4v) is 1.41. The van der Waals surface area contributed by atoms with Crippen LogP contribution in [0.5, 0.6) is 0 Å². The monoisotopic (exact) mass is 307 g/mol. The quantitative estimate of drug-likeness (QED) is 0.519. The van der Waals surface area contributed by atoms with E-state index in [0.29, 0.717) is 0 Å². The Hall–Kier alpha value is -3.58. The summed E-state index contributed by atoms with van der Waals surface area (Å²) in [4.78, 5) is 9.54. The van der Waals surface area contributed by atoms with Crippen molar-refractivity contribution in [2.75, 3.05) is 5.32 Å². The highest BCUT2D eigenvalue weighted by Crippen LogP contribution is 2.37. The van der Waals surface area contributed by atoms with Gasteiger partial charge in [-0.3, -0.25) is 10.1 Å². The molecule has 0 saturated carbocycles. The van der Waals surface area contributed by atoms with Crippen molar-refractivity contribution in [3.05, 3.63) is 45.1 Å². The Morgan fingerprint density at radius 2 is 1.77 bits per heavy atom. The second-order valence-electron chi connectivity index (χ2n) is 3.70. The fourth-order valence-electron chi connectivity index (χ4n) is 1.41. The lowest BCUT2D eigenvalue weighted by molar-refractivity contribution is -0.385. The van der Waals surface area contributed by atoms with Crippen LogP contribution in [0.2, 0.25) is 0 Å². The minimum atomic E-state index is -4.94. The molecule has 0 aliphatic carbocycles. The molecule has 1 aromatic rings. The molecule has 0 bridgehead atoms. The highest BCUT2D eigenvalue weighted by Gasteiger charge is 2.35. The van der Waals surface area contributed by atoms with Crippen LogP contribution in [0.1, 0.15) is 5.56 Å². The normalized spacial score (nSPS) is 9.82. The predicted octanol–water partition coefficient (Wildman–Crippen LogP) is 2.85. The number of hydrogen-bond donors (Lipinski definition) is 1. The van der Waals surface area contributed by atoms with Gasteiger partial charge >= 0.3 is 6.18 Å². The highest BCUT2D eigenvalue weighted by molar-refractivity contribution is 5.64. The van der Waals surface area contributed by atoms with Gasteiger partial charge in [0.25, 0.3) is 5.69 Å². The van der Waals surface area contributed by atoms with E-state index >= 15 is 0 Å². The summed E-state index contributed by atoms with van der Waals surface area (Å²) in [5.74, 6) is 0. The molecule has 1 rings (SSSR count). The topological polar surface area (TPSA) is 127 Å². The first-order chi connectivity index (χ1) is 10.2. The predicted molar refractivity (Wildman–Crippen MR) is 65.6 cm³/mol. The van der Waals surface area contributed by atoms with E-state index in [9.17, 15) is 23.3 Å². The number of nitrogens with zero attached hydrogens (tertiary/aromatic N) is 4. The molecule has 0 saturated heterocycles. The molecule has 10 heteroatoms. The first kappa shape index (κ1) is 16.5. The van der Waals surface area contributed by atoms with Gasteiger partial charge in [0, 0.05) is 12.1 Å². The van der Waals surface area contributed by atoms with Crippen molar-refractivity contribution >= 4 is 11.4 Å². The van der Waals surface area contributed by atoms with Gasteiger partial charge in [0.15, 0.2) is 5.57 Å². The maximum atomic E-state index is 12.9. The number of alkyl halides is 3. The maximum absolute atomic E-state index is 12.9. The number of benzene rings is 1. The number of hydrogen-bond acceptors (Lipinski definition) is 6. The zero-order valence-corrected chi connectivity index (χ0v) is 10.5. The lowest BCUT2D eigenvalue weighted by Crippen LogP contribution is -2.11. The third-order valence-corrected chi connectivity index (χ3v) is 2.36. The average molecular weight is 307 g/mol. The maximum Gasteiger partial charge on any atom is 0.418 e. The van der Waals surface area contributed by atoms with Crippen molar-refractivity contribution in [1.82, 2.24) is 0 Å². The number of nitro groups is 1. The van der Waals surface area contributed by atoms with E-state index in [1.807, 2.05) is 5.32 Å². The van der Waals surface area contributed by atoms with Gasteiger partial charge in [-0.05, 0) is 6.07 Å². The molecule has 22 heavy (non-hydrogen) atoms. The Bertz CT molecular complexity index is 762. The third-order valence-electron chi connectivity index (χ3n) is 2.36. The number of non-ortho nitro benzene ring substituents is 1. The second-order valence-corrected chi connectivity index (χ2v) is 3.70. The summed E-state index contributed by atoms with van der Waals surface area (Å²) in [6.45, 7) is 0. The number of allylic oxidation sites excluding steroid dienone is 2. The molecule has 0 heterocycles. The van der Waals surface area contributed by atoms with Crippen LogP contribution in [0.3, 0.4) is 0 Å². The van der Waals surface area contributed by atoms with Gasteiger partial charge in [0.05, 0.1) is 16.2 Å². The van der Waals surface area contributed by atoms with Crippen LogP contribution in [-0.2, 0) is 6.18 Å². The molecular formula is C12H4F3N5O2. The first-order valence-electron chi connectivity index (χ1n) is 5.31. The highest BCUT2D eigenvalue weighted by atomic mass is 19.4. The molecule has 0 unspecified atom stereocenters. The number of nitrogens with one attached hydrogen (secondary N) is 1. The smallest absolute Gasteiger partial charge is 0.345 e. The van der Waals surface area contributed by atoms with Crippen molar-refractivity contribution in [3.8, 4) is 18.2 Å². The number of nitro benzene ring substituents is 1. The molecule has 0 fully saturated rings. The Morgan fingerprint density at radius 3 is 2.18 bits per heavy atom. The summed E-state index contributed by atoms with van der Waals surface area (Å²) in [5.41, 5.74) is -4.28. The molecule has 0 atom stereocenters. The molecule has 0 radical (unpaired) electrons. The molecule has 1 aromatic carbocycles. The zero-order valence-electron chi connectivity index (χ0n) is 10.5. The van der Waals surface area contributed by atoms with E-state index in [1.165, 1.54) is 18.2 Å². The minimum Gasteiger partial charge on any atom is -0.345 e. The summed E-state index contributed by atoms with van der Waals surface area (Å²) in [6.07, 6.45) is -4.94. The van der Waals surface area contributed by atoms with Gasteiger partial charge in [0.1, 0.15) is 23.9 Å². The Labute approximate surface area is 121 Å². The fraction of sp³-hybridized carbons (Fsp3) is 0.0833. The zero-order chi connectivity index (χ0) is 16.9. The second kappa shape index (κ2) is 6.25. The van der Waals surface area contributed by atoms with E-state index in [4.69, 9.17) is 15.8 Å². The molecular weight excluding hydrogens is 303 g/mol. The summed E-state index contributed by atoms with van der Waals surface area (Å²) >= 11 is 0. The molecule has 0 spiro atoms. The van der Waals surface area contributed by atoms with Crippen molar-refractivity contribution in [3.63, 3.8) is 0 Å². The van der Waals surface area contributed by atoms with Crippen LogP contribution in [0.25, 0.3) is 0 Å². The number of rotatable bonds is 3. The Morgan fingerprint density at radius 1 is 1.18 bits per heavy atom. The lowest BCUT2D eigenvalue weighted by Gasteiger charge is -2.13. The van der Waals surface area contributed by atoms with E-state index in [2.05, 4.69) is 0 Å². The summed E-state index contributed by atoms with van der Waals surface area (Å²) in [7, 11) is 0. The number of halogens is 3. The molecule has 7 nitrogen and oxygen atoms in total. The third kappa shape index (κ3) is 3.50. The van der Waals surface area contributed by atoms with E-state index in [-0.39, 0.29) is 6.07 Å².